The molecule has 194 valence electrons. The van der Waals surface area contributed by atoms with Gasteiger partial charge in [0, 0.05) is 6.42 Å². The third kappa shape index (κ3) is 9.96. The highest BCUT2D eigenvalue weighted by Gasteiger charge is 2.25. The van der Waals surface area contributed by atoms with Crippen LogP contribution in [0.2, 0.25) is 0 Å². The first kappa shape index (κ1) is 28.7. The Morgan fingerprint density at radius 1 is 0.889 bits per heavy atom. The first-order valence-electron chi connectivity index (χ1n) is 11.4. The van der Waals surface area contributed by atoms with E-state index in [4.69, 9.17) is 11.5 Å². The van der Waals surface area contributed by atoms with Crippen molar-refractivity contribution in [3.63, 3.8) is 0 Å². The maximum atomic E-state index is 12.7. The van der Waals surface area contributed by atoms with E-state index in [0.717, 1.165) is 11.1 Å². The molecule has 4 amide bonds. The predicted octanol–water partition coefficient (Wildman–Crippen LogP) is -0.171. The van der Waals surface area contributed by atoms with Crippen molar-refractivity contribution < 1.29 is 24.3 Å². The van der Waals surface area contributed by atoms with Crippen molar-refractivity contribution >= 4 is 35.4 Å². The Hall–Kier alpha value is -3.57. The van der Waals surface area contributed by atoms with Crippen molar-refractivity contribution in [3.05, 3.63) is 65.7 Å². The maximum Gasteiger partial charge on any atom is 0.243 e. The van der Waals surface area contributed by atoms with Crippen LogP contribution >= 0.6 is 11.8 Å². The molecule has 0 fully saturated rings. The summed E-state index contributed by atoms with van der Waals surface area (Å²) in [6, 6.07) is 12.7. The zero-order valence-corrected chi connectivity index (χ0v) is 20.9. The van der Waals surface area contributed by atoms with E-state index in [1.807, 2.05) is 36.6 Å². The van der Waals surface area contributed by atoms with Crippen LogP contribution in [0.3, 0.4) is 0 Å². The Morgan fingerprint density at radius 2 is 1.53 bits per heavy atom. The highest BCUT2D eigenvalue weighted by molar-refractivity contribution is 7.98. The van der Waals surface area contributed by atoms with Gasteiger partial charge in [0.1, 0.15) is 17.8 Å². The monoisotopic (exact) mass is 515 g/mol. The van der Waals surface area contributed by atoms with E-state index in [1.54, 1.807) is 12.1 Å². The van der Waals surface area contributed by atoms with Gasteiger partial charge in [-0.3, -0.25) is 19.2 Å². The smallest absolute Gasteiger partial charge is 0.243 e. The summed E-state index contributed by atoms with van der Waals surface area (Å²) in [6.07, 6.45) is 2.66. The van der Waals surface area contributed by atoms with Crippen molar-refractivity contribution in [3.8, 4) is 5.75 Å². The first-order valence-corrected chi connectivity index (χ1v) is 12.8. The molecule has 8 N–H and O–H groups in total. The molecule has 11 heteroatoms. The fourth-order valence-corrected chi connectivity index (χ4v) is 3.84. The van der Waals surface area contributed by atoms with Gasteiger partial charge in [-0.05, 0) is 48.1 Å². The second-order valence-electron chi connectivity index (χ2n) is 8.25. The van der Waals surface area contributed by atoms with E-state index in [9.17, 15) is 24.3 Å². The molecule has 0 spiro atoms. The Bertz CT molecular complexity index is 1020. The number of hydrogen-bond acceptors (Lipinski definition) is 7. The van der Waals surface area contributed by atoms with E-state index in [2.05, 4.69) is 16.0 Å². The number of rotatable bonds is 14. The lowest BCUT2D eigenvalue weighted by molar-refractivity contribution is -0.131. The van der Waals surface area contributed by atoms with E-state index >= 15 is 0 Å². The average molecular weight is 516 g/mol. The third-order valence-corrected chi connectivity index (χ3v) is 6.00. The van der Waals surface area contributed by atoms with Crippen LogP contribution in [0.25, 0.3) is 0 Å². The molecule has 2 aromatic carbocycles. The molecule has 0 aliphatic heterocycles. The van der Waals surface area contributed by atoms with Gasteiger partial charge in [0.25, 0.3) is 0 Å². The normalized spacial score (nSPS) is 13.2. The third-order valence-electron chi connectivity index (χ3n) is 5.36. The lowest BCUT2D eigenvalue weighted by atomic mass is 10.1. The Labute approximate surface area is 214 Å². The molecule has 3 atom stereocenters. The minimum absolute atomic E-state index is 0.108. The van der Waals surface area contributed by atoms with E-state index < -0.39 is 41.8 Å². The second kappa shape index (κ2) is 14.7. The lowest BCUT2D eigenvalue weighted by Gasteiger charge is -2.21. The number of amides is 4. The van der Waals surface area contributed by atoms with Crippen LogP contribution in [0, 0.1) is 0 Å². The number of hydrogen-bond donors (Lipinski definition) is 6. The van der Waals surface area contributed by atoms with Gasteiger partial charge in [-0.2, -0.15) is 11.8 Å². The van der Waals surface area contributed by atoms with Crippen molar-refractivity contribution in [1.29, 1.82) is 0 Å². The summed E-state index contributed by atoms with van der Waals surface area (Å²) in [5.41, 5.74) is 13.0. The molecule has 0 saturated carbocycles. The predicted molar refractivity (Wildman–Crippen MR) is 139 cm³/mol. The van der Waals surface area contributed by atoms with Gasteiger partial charge in [-0.1, -0.05) is 42.5 Å². The second-order valence-corrected chi connectivity index (χ2v) is 9.24. The van der Waals surface area contributed by atoms with Gasteiger partial charge < -0.3 is 32.5 Å². The Morgan fingerprint density at radius 3 is 2.14 bits per heavy atom. The quantitative estimate of drug-likeness (QED) is 0.202. The fraction of sp³-hybridized carbons (Fsp3) is 0.360. The molecule has 0 radical (unpaired) electrons. The minimum atomic E-state index is -0.929. The number of carbonyl (C=O) groups is 4. The van der Waals surface area contributed by atoms with Crippen molar-refractivity contribution in [1.82, 2.24) is 16.0 Å². The van der Waals surface area contributed by atoms with E-state index in [-0.39, 0.29) is 25.1 Å². The number of phenols is 1. The van der Waals surface area contributed by atoms with E-state index in [0.29, 0.717) is 12.2 Å². The number of nitrogens with one attached hydrogen (secondary N) is 3. The molecule has 2 rings (SSSR count). The molecule has 0 bridgehead atoms. The lowest BCUT2D eigenvalue weighted by Crippen LogP contribution is -2.54. The molecule has 0 aliphatic rings. The molecular weight excluding hydrogens is 482 g/mol. The molecule has 0 unspecified atom stereocenters. The van der Waals surface area contributed by atoms with Crippen LogP contribution < -0.4 is 27.4 Å². The first-order chi connectivity index (χ1) is 17.2. The Kier molecular flexibility index (Phi) is 11.7. The zero-order chi connectivity index (χ0) is 26.5. The number of thioether (sulfide) groups is 1. The van der Waals surface area contributed by atoms with Crippen molar-refractivity contribution in [2.24, 2.45) is 11.5 Å². The van der Waals surface area contributed by atoms with Gasteiger partial charge in [0.05, 0.1) is 12.6 Å². The molecular formula is C25H33N5O5S. The maximum absolute atomic E-state index is 12.7. The molecule has 0 aliphatic carbocycles. The van der Waals surface area contributed by atoms with Crippen LogP contribution in [0.15, 0.2) is 54.6 Å². The standard InChI is InChI=1S/C25H33N5O5S/c1-36-12-11-20(30-24(34)19(26)13-17-7-9-18(31)10-8-17)25(35)28-15-22(32)29-21(23(27)33)14-16-5-3-2-4-6-16/h2-10,19-21,31H,11-15,26H2,1H3,(H2,27,33)(H,28,35)(H,29,32)(H,30,34)/t19-,20+,21-/m0/s1. The highest BCUT2D eigenvalue weighted by Crippen LogP contribution is 2.11. The number of nitrogens with two attached hydrogens (primary N) is 2. The summed E-state index contributed by atoms with van der Waals surface area (Å²) in [4.78, 5) is 49.5. The molecule has 10 nitrogen and oxygen atoms in total. The molecule has 2 aromatic rings. The van der Waals surface area contributed by atoms with Crippen molar-refractivity contribution in [2.75, 3.05) is 18.6 Å². The molecule has 0 aromatic heterocycles. The SMILES string of the molecule is CSCC[C@@H](NC(=O)[C@@H](N)Cc1ccc(O)cc1)C(=O)NCC(=O)N[C@@H](Cc1ccccc1)C(N)=O. The minimum Gasteiger partial charge on any atom is -0.508 e. The fourth-order valence-electron chi connectivity index (χ4n) is 3.37. The number of primary amides is 1. The van der Waals surface area contributed by atoms with Gasteiger partial charge in [0.2, 0.25) is 23.6 Å². The van der Waals surface area contributed by atoms with Crippen LogP contribution in [-0.4, -0.2) is 65.4 Å². The number of carbonyl (C=O) groups excluding carboxylic acids is 4. The topological polar surface area (TPSA) is 177 Å². The molecule has 0 saturated heterocycles. The number of aromatic hydroxyl groups is 1. The van der Waals surface area contributed by atoms with Crippen LogP contribution in [-0.2, 0) is 32.0 Å². The van der Waals surface area contributed by atoms with Crippen LogP contribution in [0.5, 0.6) is 5.75 Å². The van der Waals surface area contributed by atoms with Crippen molar-refractivity contribution in [2.45, 2.75) is 37.4 Å². The number of benzene rings is 2. The summed E-state index contributed by atoms with van der Waals surface area (Å²) in [7, 11) is 0. The largest absolute Gasteiger partial charge is 0.508 e. The Balaban J connectivity index is 1.90. The summed E-state index contributed by atoms with van der Waals surface area (Å²) in [6.45, 7) is -0.386. The summed E-state index contributed by atoms with van der Waals surface area (Å²) >= 11 is 1.51. The zero-order valence-electron chi connectivity index (χ0n) is 20.1. The summed E-state index contributed by atoms with van der Waals surface area (Å²) < 4.78 is 0. The van der Waals surface area contributed by atoms with Gasteiger partial charge in [0.15, 0.2) is 0 Å². The summed E-state index contributed by atoms with van der Waals surface area (Å²) in [5, 5.41) is 17.1. The number of phenolic OH excluding ortho intramolecular Hbond substituents is 1. The van der Waals surface area contributed by atoms with Crippen LogP contribution in [0.1, 0.15) is 17.5 Å². The molecule has 0 heterocycles. The van der Waals surface area contributed by atoms with Gasteiger partial charge >= 0.3 is 0 Å². The average Bonchev–Trinajstić information content (AvgIpc) is 2.86. The summed E-state index contributed by atoms with van der Waals surface area (Å²) in [5.74, 6) is -1.61. The van der Waals surface area contributed by atoms with Gasteiger partial charge in [-0.15, -0.1) is 0 Å². The van der Waals surface area contributed by atoms with E-state index in [1.165, 1.54) is 23.9 Å². The van der Waals surface area contributed by atoms with Crippen LogP contribution in [0.4, 0.5) is 0 Å². The van der Waals surface area contributed by atoms with Gasteiger partial charge in [-0.25, -0.2) is 0 Å². The highest BCUT2D eigenvalue weighted by atomic mass is 32.2. The molecule has 36 heavy (non-hydrogen) atoms.